The van der Waals surface area contributed by atoms with Crippen molar-refractivity contribution in [3.63, 3.8) is 0 Å². The first-order chi connectivity index (χ1) is 8.56. The van der Waals surface area contributed by atoms with Gasteiger partial charge in [-0.25, -0.2) is 19.2 Å². The van der Waals surface area contributed by atoms with E-state index in [1.54, 1.807) is 19.1 Å². The lowest BCUT2D eigenvalue weighted by molar-refractivity contribution is 0.0689. The highest BCUT2D eigenvalue weighted by Crippen LogP contribution is 2.10. The summed E-state index contributed by atoms with van der Waals surface area (Å²) in [4.78, 5) is 18.9. The molecule has 0 spiro atoms. The maximum atomic E-state index is 13.0. The minimum absolute atomic E-state index is 0.0172. The molecule has 0 radical (unpaired) electrons. The molecular weight excluding hydrogens is 235 g/mol. The molecule has 0 aliphatic heterocycles. The highest BCUT2D eigenvalue weighted by atomic mass is 19.1. The first kappa shape index (κ1) is 12.2. The molecule has 0 aliphatic rings. The number of carboxylic acid groups (broad SMARTS) is 1. The second kappa shape index (κ2) is 4.91. The number of benzene rings is 1. The summed E-state index contributed by atoms with van der Waals surface area (Å²) in [6.07, 6.45) is 1.77. The Hall–Kier alpha value is -2.30. The van der Waals surface area contributed by atoms with Gasteiger partial charge in [0.05, 0.1) is 0 Å². The quantitative estimate of drug-likeness (QED) is 0.901. The van der Waals surface area contributed by atoms with Crippen molar-refractivity contribution in [3.8, 4) is 0 Å². The first-order valence-electron chi connectivity index (χ1n) is 5.36. The number of nitrogens with zero attached hydrogens (tertiary/aromatic N) is 2. The molecule has 5 heteroatoms. The average molecular weight is 246 g/mol. The van der Waals surface area contributed by atoms with Crippen molar-refractivity contribution in [2.24, 2.45) is 0 Å². The minimum Gasteiger partial charge on any atom is -0.477 e. The maximum Gasteiger partial charge on any atom is 0.354 e. The highest BCUT2D eigenvalue weighted by Gasteiger charge is 2.11. The first-order valence-corrected chi connectivity index (χ1v) is 5.36. The number of hydrogen-bond donors (Lipinski definition) is 1. The Balaban J connectivity index is 2.30. The molecule has 0 saturated heterocycles. The lowest BCUT2D eigenvalue weighted by atomic mass is 10.1. The zero-order chi connectivity index (χ0) is 13.1. The molecule has 0 unspecified atom stereocenters. The monoisotopic (exact) mass is 246 g/mol. The van der Waals surface area contributed by atoms with Crippen molar-refractivity contribution >= 4 is 5.97 Å². The van der Waals surface area contributed by atoms with Gasteiger partial charge in [-0.3, -0.25) is 0 Å². The van der Waals surface area contributed by atoms with Crippen LogP contribution in [-0.4, -0.2) is 21.0 Å². The van der Waals surface area contributed by atoms with Gasteiger partial charge in [-0.15, -0.1) is 0 Å². The van der Waals surface area contributed by atoms with Crippen LogP contribution in [0, 0.1) is 12.7 Å². The molecule has 1 heterocycles. The summed E-state index contributed by atoms with van der Waals surface area (Å²) >= 11 is 0. The molecule has 0 bridgehead atoms. The summed E-state index contributed by atoms with van der Waals surface area (Å²) in [6.45, 7) is 1.63. The fourth-order valence-corrected chi connectivity index (χ4v) is 1.61. The average Bonchev–Trinajstić information content (AvgIpc) is 2.31. The van der Waals surface area contributed by atoms with Crippen molar-refractivity contribution in [2.45, 2.75) is 13.3 Å². The summed E-state index contributed by atoms with van der Waals surface area (Å²) in [5.74, 6) is -1.06. The smallest absolute Gasteiger partial charge is 0.354 e. The SMILES string of the molecule is Cc1cnc(Cc2cccc(F)c2)nc1C(=O)O. The topological polar surface area (TPSA) is 63.1 Å². The Morgan fingerprint density at radius 1 is 1.44 bits per heavy atom. The van der Waals surface area contributed by atoms with Crippen molar-refractivity contribution in [1.82, 2.24) is 9.97 Å². The molecule has 4 nitrogen and oxygen atoms in total. The van der Waals surface area contributed by atoms with E-state index >= 15 is 0 Å². The molecule has 1 aromatic carbocycles. The third kappa shape index (κ3) is 2.68. The standard InChI is InChI=1S/C13H11FN2O2/c1-8-7-15-11(16-12(8)13(17)18)6-9-3-2-4-10(14)5-9/h2-5,7H,6H2,1H3,(H,17,18). The predicted molar refractivity (Wildman–Crippen MR) is 62.9 cm³/mol. The van der Waals surface area contributed by atoms with E-state index in [2.05, 4.69) is 9.97 Å². The van der Waals surface area contributed by atoms with Crippen LogP contribution in [-0.2, 0) is 6.42 Å². The number of carbonyl (C=O) groups is 1. The van der Waals surface area contributed by atoms with Gasteiger partial charge in [-0.1, -0.05) is 12.1 Å². The van der Waals surface area contributed by atoms with Gasteiger partial charge in [0, 0.05) is 18.2 Å². The van der Waals surface area contributed by atoms with Crippen LogP contribution in [0.3, 0.4) is 0 Å². The molecule has 0 fully saturated rings. The molecule has 1 N–H and O–H groups in total. The summed E-state index contributed by atoms with van der Waals surface area (Å²) in [5.41, 5.74) is 1.19. The van der Waals surface area contributed by atoms with Crippen molar-refractivity contribution in [1.29, 1.82) is 0 Å². The van der Waals surface area contributed by atoms with E-state index in [1.807, 2.05) is 0 Å². The van der Waals surface area contributed by atoms with E-state index in [0.717, 1.165) is 0 Å². The molecule has 0 saturated carbocycles. The van der Waals surface area contributed by atoms with Crippen LogP contribution in [0.15, 0.2) is 30.5 Å². The van der Waals surface area contributed by atoms with Gasteiger partial charge in [0.1, 0.15) is 11.6 Å². The number of rotatable bonds is 3. The molecule has 18 heavy (non-hydrogen) atoms. The maximum absolute atomic E-state index is 13.0. The molecule has 92 valence electrons. The summed E-state index contributed by atoms with van der Waals surface area (Å²) in [6, 6.07) is 6.07. The van der Waals surface area contributed by atoms with Gasteiger partial charge in [0.25, 0.3) is 0 Å². The highest BCUT2D eigenvalue weighted by molar-refractivity contribution is 5.86. The van der Waals surface area contributed by atoms with Crippen LogP contribution in [0.2, 0.25) is 0 Å². The summed E-state index contributed by atoms with van der Waals surface area (Å²) in [5, 5.41) is 8.95. The lowest BCUT2D eigenvalue weighted by Gasteiger charge is -2.04. The Morgan fingerprint density at radius 3 is 2.89 bits per heavy atom. The normalized spacial score (nSPS) is 10.3. The van der Waals surface area contributed by atoms with Gasteiger partial charge in [-0.05, 0) is 24.6 Å². The van der Waals surface area contributed by atoms with Gasteiger partial charge < -0.3 is 5.11 Å². The number of halogens is 1. The van der Waals surface area contributed by atoms with Crippen LogP contribution in [0.1, 0.15) is 27.4 Å². The number of aromatic nitrogens is 2. The van der Waals surface area contributed by atoms with E-state index in [0.29, 0.717) is 23.4 Å². The van der Waals surface area contributed by atoms with Gasteiger partial charge in [0.2, 0.25) is 0 Å². The lowest BCUT2D eigenvalue weighted by Crippen LogP contribution is -2.08. The van der Waals surface area contributed by atoms with Crippen LogP contribution >= 0.6 is 0 Å². The minimum atomic E-state index is -1.09. The van der Waals surface area contributed by atoms with Gasteiger partial charge >= 0.3 is 5.97 Å². The molecule has 2 rings (SSSR count). The summed E-state index contributed by atoms with van der Waals surface area (Å²) in [7, 11) is 0. The van der Waals surface area contributed by atoms with Crippen LogP contribution in [0.5, 0.6) is 0 Å². The predicted octanol–water partition coefficient (Wildman–Crippen LogP) is 2.21. The number of aryl methyl sites for hydroxylation is 1. The van der Waals surface area contributed by atoms with Crippen LogP contribution in [0.25, 0.3) is 0 Å². The summed E-state index contributed by atoms with van der Waals surface area (Å²) < 4.78 is 13.0. The van der Waals surface area contributed by atoms with Crippen molar-refractivity contribution < 1.29 is 14.3 Å². The number of aromatic carboxylic acids is 1. The zero-order valence-electron chi connectivity index (χ0n) is 9.72. The zero-order valence-corrected chi connectivity index (χ0v) is 9.72. The van der Waals surface area contributed by atoms with E-state index in [-0.39, 0.29) is 11.5 Å². The molecule has 1 aromatic heterocycles. The third-order valence-corrected chi connectivity index (χ3v) is 2.48. The van der Waals surface area contributed by atoms with Crippen molar-refractivity contribution in [3.05, 3.63) is 58.9 Å². The van der Waals surface area contributed by atoms with Gasteiger partial charge in [-0.2, -0.15) is 0 Å². The van der Waals surface area contributed by atoms with Gasteiger partial charge in [0.15, 0.2) is 5.69 Å². The molecule has 0 amide bonds. The second-order valence-electron chi connectivity index (χ2n) is 3.93. The fourth-order valence-electron chi connectivity index (χ4n) is 1.61. The Bertz CT molecular complexity index is 599. The molecule has 0 atom stereocenters. The third-order valence-electron chi connectivity index (χ3n) is 2.48. The fraction of sp³-hybridized carbons (Fsp3) is 0.154. The van der Waals surface area contributed by atoms with E-state index < -0.39 is 5.97 Å². The second-order valence-corrected chi connectivity index (χ2v) is 3.93. The molecule has 0 aliphatic carbocycles. The molecule has 2 aromatic rings. The van der Waals surface area contributed by atoms with Crippen molar-refractivity contribution in [2.75, 3.05) is 0 Å². The Morgan fingerprint density at radius 2 is 2.22 bits per heavy atom. The Kier molecular flexibility index (Phi) is 3.32. The van der Waals surface area contributed by atoms with Crippen LogP contribution in [0.4, 0.5) is 4.39 Å². The Labute approximate surface area is 103 Å². The number of carboxylic acids is 1. The van der Waals surface area contributed by atoms with Crippen LogP contribution < -0.4 is 0 Å². The number of hydrogen-bond acceptors (Lipinski definition) is 3. The van der Waals surface area contributed by atoms with E-state index in [1.165, 1.54) is 18.3 Å². The van der Waals surface area contributed by atoms with E-state index in [9.17, 15) is 9.18 Å². The molecular formula is C13H11FN2O2. The largest absolute Gasteiger partial charge is 0.477 e. The van der Waals surface area contributed by atoms with E-state index in [4.69, 9.17) is 5.11 Å².